The Morgan fingerprint density at radius 2 is 2.16 bits per heavy atom. The molecule has 1 heterocycles. The van der Waals surface area contributed by atoms with Gasteiger partial charge in [0, 0.05) is 12.8 Å². The van der Waals surface area contributed by atoms with E-state index < -0.39 is 12.1 Å². The van der Waals surface area contributed by atoms with Crippen LogP contribution < -0.4 is 10.6 Å². The van der Waals surface area contributed by atoms with Crippen molar-refractivity contribution < 1.29 is 14.7 Å². The third kappa shape index (κ3) is 2.21. The van der Waals surface area contributed by atoms with Gasteiger partial charge in [0.15, 0.2) is 0 Å². The third-order valence-electron chi connectivity index (χ3n) is 3.81. The van der Waals surface area contributed by atoms with Gasteiger partial charge in [-0.1, -0.05) is 24.3 Å². The van der Waals surface area contributed by atoms with Crippen LogP contribution in [-0.2, 0) is 16.0 Å². The van der Waals surface area contributed by atoms with Crippen molar-refractivity contribution in [3.8, 4) is 0 Å². The maximum atomic E-state index is 12.1. The molecule has 1 fully saturated rings. The van der Waals surface area contributed by atoms with Gasteiger partial charge in [-0.05, 0) is 17.5 Å². The van der Waals surface area contributed by atoms with Crippen molar-refractivity contribution in [2.24, 2.45) is 0 Å². The van der Waals surface area contributed by atoms with Crippen molar-refractivity contribution in [2.75, 3.05) is 0 Å². The molecular weight excluding hydrogens is 244 g/mol. The monoisotopic (exact) mass is 260 g/mol. The summed E-state index contributed by atoms with van der Waals surface area (Å²) in [5.41, 5.74) is 2.03. The minimum absolute atomic E-state index is 0.0903. The normalized spacial score (nSPS) is 28.9. The van der Waals surface area contributed by atoms with E-state index in [2.05, 4.69) is 10.6 Å². The molecule has 5 heteroatoms. The van der Waals surface area contributed by atoms with E-state index in [0.29, 0.717) is 19.3 Å². The Labute approximate surface area is 111 Å². The van der Waals surface area contributed by atoms with Gasteiger partial charge < -0.3 is 15.7 Å². The Morgan fingerprint density at radius 3 is 2.89 bits per heavy atom. The molecule has 100 valence electrons. The number of hydrogen-bond donors (Lipinski definition) is 3. The van der Waals surface area contributed by atoms with E-state index in [0.717, 1.165) is 11.1 Å². The second-order valence-corrected chi connectivity index (χ2v) is 5.12. The average molecular weight is 260 g/mol. The molecule has 0 unspecified atom stereocenters. The molecule has 1 saturated heterocycles. The summed E-state index contributed by atoms with van der Waals surface area (Å²) >= 11 is 0. The maximum absolute atomic E-state index is 12.1. The Morgan fingerprint density at radius 1 is 1.37 bits per heavy atom. The molecule has 1 aliphatic heterocycles. The highest BCUT2D eigenvalue weighted by atomic mass is 16.3. The lowest BCUT2D eigenvalue weighted by atomic mass is 10.1. The highest BCUT2D eigenvalue weighted by Crippen LogP contribution is 2.31. The van der Waals surface area contributed by atoms with E-state index in [9.17, 15) is 14.7 Å². The largest absolute Gasteiger partial charge is 0.390 e. The van der Waals surface area contributed by atoms with E-state index in [1.54, 1.807) is 0 Å². The van der Waals surface area contributed by atoms with Crippen LogP contribution in [-0.4, -0.2) is 29.1 Å². The average Bonchev–Trinajstić information content (AvgIpc) is 2.95. The van der Waals surface area contributed by atoms with E-state index in [1.165, 1.54) is 0 Å². The first-order chi connectivity index (χ1) is 9.15. The first kappa shape index (κ1) is 12.2. The number of hydrogen-bond acceptors (Lipinski definition) is 3. The molecule has 0 radical (unpaired) electrons. The fourth-order valence-corrected chi connectivity index (χ4v) is 2.81. The molecule has 0 spiro atoms. The van der Waals surface area contributed by atoms with Crippen molar-refractivity contribution in [3.05, 3.63) is 35.4 Å². The highest BCUT2D eigenvalue weighted by Gasteiger charge is 2.35. The zero-order chi connectivity index (χ0) is 13.4. The standard InChI is InChI=1S/C14H16N2O3/c17-11-7-8-3-1-2-4-9(8)13(11)16-14(19)10-5-6-12(18)15-10/h1-4,10-11,13,17H,5-7H2,(H,15,18)(H,16,19)/t10-,11+,13-/m1/s1. The second kappa shape index (κ2) is 4.66. The molecule has 1 aliphatic carbocycles. The predicted octanol–water partition coefficient (Wildman–Crippen LogP) is 0.0395. The molecule has 2 amide bonds. The van der Waals surface area contributed by atoms with Crippen LogP contribution >= 0.6 is 0 Å². The highest BCUT2D eigenvalue weighted by molar-refractivity contribution is 5.91. The summed E-state index contributed by atoms with van der Waals surface area (Å²) in [6.45, 7) is 0. The molecule has 3 rings (SSSR count). The van der Waals surface area contributed by atoms with Gasteiger partial charge in [0.1, 0.15) is 6.04 Å². The number of carbonyl (C=O) groups excluding carboxylic acids is 2. The van der Waals surface area contributed by atoms with Crippen molar-refractivity contribution in [2.45, 2.75) is 37.5 Å². The van der Waals surface area contributed by atoms with Crippen LogP contribution in [0.25, 0.3) is 0 Å². The zero-order valence-electron chi connectivity index (χ0n) is 10.4. The van der Waals surface area contributed by atoms with Gasteiger partial charge in [0.05, 0.1) is 12.1 Å². The van der Waals surface area contributed by atoms with Crippen LogP contribution in [0.2, 0.25) is 0 Å². The number of aliphatic hydroxyl groups excluding tert-OH is 1. The number of nitrogens with one attached hydrogen (secondary N) is 2. The lowest BCUT2D eigenvalue weighted by molar-refractivity contribution is -0.126. The van der Waals surface area contributed by atoms with E-state index >= 15 is 0 Å². The number of amides is 2. The molecule has 0 bridgehead atoms. The van der Waals surface area contributed by atoms with E-state index in [-0.39, 0.29) is 17.9 Å². The Balaban J connectivity index is 1.73. The molecule has 0 aromatic heterocycles. The van der Waals surface area contributed by atoms with Crippen LogP contribution in [0, 0.1) is 0 Å². The van der Waals surface area contributed by atoms with Gasteiger partial charge in [0.25, 0.3) is 0 Å². The molecule has 19 heavy (non-hydrogen) atoms. The van der Waals surface area contributed by atoms with E-state index in [1.807, 2.05) is 24.3 Å². The van der Waals surface area contributed by atoms with Crippen LogP contribution in [0.1, 0.15) is 30.0 Å². The summed E-state index contributed by atoms with van der Waals surface area (Å²) in [7, 11) is 0. The van der Waals surface area contributed by atoms with Crippen molar-refractivity contribution in [3.63, 3.8) is 0 Å². The van der Waals surface area contributed by atoms with Crippen molar-refractivity contribution in [1.29, 1.82) is 0 Å². The topological polar surface area (TPSA) is 78.4 Å². The summed E-state index contributed by atoms with van der Waals surface area (Å²) in [6.07, 6.45) is 0.869. The first-order valence-corrected chi connectivity index (χ1v) is 6.51. The van der Waals surface area contributed by atoms with Crippen LogP contribution in [0.15, 0.2) is 24.3 Å². The quantitative estimate of drug-likeness (QED) is 0.702. The number of fused-ring (bicyclic) bond motifs is 1. The van der Waals surface area contributed by atoms with Crippen LogP contribution in [0.5, 0.6) is 0 Å². The molecular formula is C14H16N2O3. The smallest absolute Gasteiger partial charge is 0.243 e. The summed E-state index contributed by atoms with van der Waals surface area (Å²) in [5, 5.41) is 15.5. The Kier molecular flexibility index (Phi) is 2.98. The summed E-state index contributed by atoms with van der Waals surface area (Å²) in [4.78, 5) is 23.2. The maximum Gasteiger partial charge on any atom is 0.243 e. The molecule has 1 aromatic rings. The molecule has 3 atom stereocenters. The molecule has 2 aliphatic rings. The third-order valence-corrected chi connectivity index (χ3v) is 3.81. The minimum Gasteiger partial charge on any atom is -0.390 e. The van der Waals surface area contributed by atoms with Crippen LogP contribution in [0.4, 0.5) is 0 Å². The SMILES string of the molecule is O=C1CC[C@H](C(=O)N[C@@H]2c3ccccc3C[C@@H]2O)N1. The summed E-state index contributed by atoms with van der Waals surface area (Å²) in [5.74, 6) is -0.306. The van der Waals surface area contributed by atoms with Gasteiger partial charge in [-0.2, -0.15) is 0 Å². The van der Waals surface area contributed by atoms with E-state index in [4.69, 9.17) is 0 Å². The predicted molar refractivity (Wildman–Crippen MR) is 68.2 cm³/mol. The molecule has 5 nitrogen and oxygen atoms in total. The van der Waals surface area contributed by atoms with Gasteiger partial charge in [-0.3, -0.25) is 9.59 Å². The van der Waals surface area contributed by atoms with Crippen molar-refractivity contribution >= 4 is 11.8 Å². The van der Waals surface area contributed by atoms with Gasteiger partial charge in [0.2, 0.25) is 11.8 Å². The molecule has 1 aromatic carbocycles. The fourth-order valence-electron chi connectivity index (χ4n) is 2.81. The Bertz CT molecular complexity index is 529. The lowest BCUT2D eigenvalue weighted by Gasteiger charge is -2.20. The summed E-state index contributed by atoms with van der Waals surface area (Å²) < 4.78 is 0. The zero-order valence-corrected chi connectivity index (χ0v) is 10.4. The van der Waals surface area contributed by atoms with Gasteiger partial charge in [-0.15, -0.1) is 0 Å². The summed E-state index contributed by atoms with van der Waals surface area (Å²) in [6, 6.07) is 6.86. The lowest BCUT2D eigenvalue weighted by Crippen LogP contribution is -2.44. The Hall–Kier alpha value is -1.88. The molecule has 0 saturated carbocycles. The minimum atomic E-state index is -0.599. The van der Waals surface area contributed by atoms with Gasteiger partial charge in [-0.25, -0.2) is 0 Å². The number of benzene rings is 1. The fraction of sp³-hybridized carbons (Fsp3) is 0.429. The number of aliphatic hydroxyl groups is 1. The van der Waals surface area contributed by atoms with Crippen molar-refractivity contribution in [1.82, 2.24) is 10.6 Å². The number of rotatable bonds is 2. The second-order valence-electron chi connectivity index (χ2n) is 5.12. The first-order valence-electron chi connectivity index (χ1n) is 6.51. The number of carbonyl (C=O) groups is 2. The van der Waals surface area contributed by atoms with Crippen LogP contribution in [0.3, 0.4) is 0 Å². The van der Waals surface area contributed by atoms with Gasteiger partial charge >= 0.3 is 0 Å². The molecule has 3 N–H and O–H groups in total.